The number of rotatable bonds is 26. The van der Waals surface area contributed by atoms with E-state index in [-0.39, 0.29) is 38.9 Å². The van der Waals surface area contributed by atoms with Gasteiger partial charge in [-0.1, -0.05) is 96.2 Å². The van der Waals surface area contributed by atoms with E-state index in [1.54, 1.807) is 38.1 Å². The number of benzene rings is 3. The minimum atomic E-state index is -0.710. The van der Waals surface area contributed by atoms with Crippen LogP contribution in [0.5, 0.6) is 5.75 Å². The molecule has 9 heteroatoms. The second-order valence-electron chi connectivity index (χ2n) is 19.7. The minimum absolute atomic E-state index is 0.130. The zero-order valence-electron chi connectivity index (χ0n) is 40.5. The standard InChI is InChI=1S/C57H78F2O7/c1-7-9-10-13-41-16-18-42(19-17-41)43-20-22-44(23-21-43)45-24-26-50(52(58)35-45)46-25-27-51(53(59)36-46)49-33-47(14-11-30-65-55(62)39(3)4)54(64-32-29-57(37-60,38-61)28-8-2)48(34-49)15-12-31-66-56(63)40(5)6/h24-27,33-36,41-44,60-61H,3,5,7-23,28-32,37-38H2,1-2,4,6H3. The van der Waals surface area contributed by atoms with E-state index in [2.05, 4.69) is 20.1 Å². The third-order valence-electron chi connectivity index (χ3n) is 14.5. The third kappa shape index (κ3) is 14.8. The van der Waals surface area contributed by atoms with Crippen LogP contribution >= 0.6 is 0 Å². The molecular weight excluding hydrogens is 835 g/mol. The molecule has 3 aromatic rings. The number of aliphatic hydroxyl groups excluding tert-OH is 2. The lowest BCUT2D eigenvalue weighted by atomic mass is 9.68. The fraction of sp³-hybridized carbons (Fsp3) is 0.579. The molecule has 2 saturated carbocycles. The van der Waals surface area contributed by atoms with Crippen molar-refractivity contribution >= 4 is 11.9 Å². The van der Waals surface area contributed by atoms with E-state index in [0.717, 1.165) is 53.7 Å². The van der Waals surface area contributed by atoms with Gasteiger partial charge in [0, 0.05) is 27.7 Å². The normalized spacial score (nSPS) is 18.7. The van der Waals surface area contributed by atoms with Crippen molar-refractivity contribution in [2.45, 2.75) is 156 Å². The number of aryl methyl sites for hydroxylation is 2. The Bertz CT molecular complexity index is 2000. The highest BCUT2D eigenvalue weighted by molar-refractivity contribution is 5.87. The van der Waals surface area contributed by atoms with Crippen LogP contribution in [0, 0.1) is 34.8 Å². The minimum Gasteiger partial charge on any atom is -0.493 e. The van der Waals surface area contributed by atoms with Gasteiger partial charge in [0.2, 0.25) is 0 Å². The maximum atomic E-state index is 16.5. The molecule has 0 unspecified atom stereocenters. The number of hydrogen-bond acceptors (Lipinski definition) is 7. The molecule has 0 heterocycles. The molecule has 0 saturated heterocycles. The van der Waals surface area contributed by atoms with Crippen molar-refractivity contribution in [2.75, 3.05) is 33.0 Å². The van der Waals surface area contributed by atoms with Crippen LogP contribution in [0.2, 0.25) is 0 Å². The maximum absolute atomic E-state index is 16.5. The number of carbonyl (C=O) groups excluding carboxylic acids is 2. The Morgan fingerprint density at radius 2 is 1.20 bits per heavy atom. The second kappa shape index (κ2) is 26.3. The summed E-state index contributed by atoms with van der Waals surface area (Å²) in [6, 6.07) is 14.1. The summed E-state index contributed by atoms with van der Waals surface area (Å²) in [6.07, 6.45) is 19.0. The summed E-state index contributed by atoms with van der Waals surface area (Å²) in [5.74, 6) is 1.63. The lowest BCUT2D eigenvalue weighted by Crippen LogP contribution is -2.31. The molecule has 7 nitrogen and oxygen atoms in total. The number of carbonyl (C=O) groups is 2. The molecule has 0 aliphatic heterocycles. The Kier molecular flexibility index (Phi) is 20.9. The molecule has 5 rings (SSSR count). The van der Waals surface area contributed by atoms with Gasteiger partial charge in [0.15, 0.2) is 0 Å². The number of hydrogen-bond donors (Lipinski definition) is 2. The van der Waals surface area contributed by atoms with E-state index in [0.29, 0.717) is 83.6 Å². The first-order valence-electron chi connectivity index (χ1n) is 25.1. The second-order valence-corrected chi connectivity index (χ2v) is 19.7. The first-order valence-corrected chi connectivity index (χ1v) is 25.1. The summed E-state index contributed by atoms with van der Waals surface area (Å²) in [7, 11) is 0. The first-order chi connectivity index (χ1) is 31.8. The Balaban J connectivity index is 1.35. The molecule has 2 N–H and O–H groups in total. The summed E-state index contributed by atoms with van der Waals surface area (Å²) in [4.78, 5) is 24.4. The van der Waals surface area contributed by atoms with Crippen LogP contribution < -0.4 is 4.74 Å². The van der Waals surface area contributed by atoms with Crippen LogP contribution in [0.1, 0.15) is 159 Å². The topological polar surface area (TPSA) is 102 Å². The number of unbranched alkanes of at least 4 members (excludes halogenated alkanes) is 2. The number of halogens is 2. The van der Waals surface area contributed by atoms with Gasteiger partial charge in [-0.2, -0.15) is 0 Å². The van der Waals surface area contributed by atoms with Gasteiger partial charge in [0.1, 0.15) is 17.4 Å². The molecule has 3 aromatic carbocycles. The first kappa shape index (κ1) is 52.6. The third-order valence-corrected chi connectivity index (χ3v) is 14.5. The van der Waals surface area contributed by atoms with Gasteiger partial charge in [-0.05, 0) is 167 Å². The molecule has 2 fully saturated rings. The predicted molar refractivity (Wildman–Crippen MR) is 261 cm³/mol. The Hall–Kier alpha value is -4.34. The summed E-state index contributed by atoms with van der Waals surface area (Å²) < 4.78 is 49.8. The summed E-state index contributed by atoms with van der Waals surface area (Å²) >= 11 is 0. The number of aliphatic hydroxyl groups is 2. The van der Waals surface area contributed by atoms with E-state index >= 15 is 8.78 Å². The number of ether oxygens (including phenoxy) is 3. The van der Waals surface area contributed by atoms with Gasteiger partial charge in [-0.3, -0.25) is 0 Å². The van der Waals surface area contributed by atoms with Crippen molar-refractivity contribution in [2.24, 2.45) is 23.2 Å². The molecule has 66 heavy (non-hydrogen) atoms. The predicted octanol–water partition coefficient (Wildman–Crippen LogP) is 13.6. The van der Waals surface area contributed by atoms with E-state index in [9.17, 15) is 19.8 Å². The quantitative estimate of drug-likeness (QED) is 0.0470. The van der Waals surface area contributed by atoms with Gasteiger partial charge in [-0.15, -0.1) is 0 Å². The summed E-state index contributed by atoms with van der Waals surface area (Å²) in [5.41, 5.74) is 4.16. The van der Waals surface area contributed by atoms with Crippen molar-refractivity contribution in [1.82, 2.24) is 0 Å². The van der Waals surface area contributed by atoms with Crippen molar-refractivity contribution in [3.63, 3.8) is 0 Å². The van der Waals surface area contributed by atoms with Crippen LogP contribution in [0.15, 0.2) is 72.8 Å². The lowest BCUT2D eigenvalue weighted by molar-refractivity contribution is -0.139. The number of esters is 2. The van der Waals surface area contributed by atoms with Crippen LogP contribution in [0.25, 0.3) is 22.3 Å². The molecule has 0 amide bonds. The van der Waals surface area contributed by atoms with Crippen LogP contribution in [0.4, 0.5) is 8.78 Å². The summed E-state index contributed by atoms with van der Waals surface area (Å²) in [5, 5.41) is 20.5. The van der Waals surface area contributed by atoms with Gasteiger partial charge < -0.3 is 24.4 Å². The Morgan fingerprint density at radius 1 is 0.652 bits per heavy atom. The molecule has 0 bridgehead atoms. The molecule has 0 atom stereocenters. The molecular formula is C57H78F2O7. The van der Waals surface area contributed by atoms with Gasteiger partial charge in [0.25, 0.3) is 0 Å². The molecule has 2 aliphatic carbocycles. The van der Waals surface area contributed by atoms with Gasteiger partial charge in [0.05, 0.1) is 33.0 Å². The maximum Gasteiger partial charge on any atom is 0.333 e. The molecule has 2 aliphatic rings. The van der Waals surface area contributed by atoms with Crippen LogP contribution in [0.3, 0.4) is 0 Å². The molecule has 0 radical (unpaired) electrons. The van der Waals surface area contributed by atoms with Crippen molar-refractivity contribution in [3.8, 4) is 28.0 Å². The fourth-order valence-corrected chi connectivity index (χ4v) is 10.5. The van der Waals surface area contributed by atoms with Crippen molar-refractivity contribution < 1.29 is 42.8 Å². The van der Waals surface area contributed by atoms with E-state index in [1.165, 1.54) is 70.3 Å². The van der Waals surface area contributed by atoms with Crippen molar-refractivity contribution in [1.29, 1.82) is 0 Å². The van der Waals surface area contributed by atoms with Crippen LogP contribution in [-0.4, -0.2) is 55.2 Å². The van der Waals surface area contributed by atoms with E-state index < -0.39 is 23.2 Å². The lowest BCUT2D eigenvalue weighted by Gasteiger charge is -2.38. The zero-order valence-corrected chi connectivity index (χ0v) is 40.5. The molecule has 362 valence electrons. The van der Waals surface area contributed by atoms with Crippen molar-refractivity contribution in [3.05, 3.63) is 101 Å². The zero-order chi connectivity index (χ0) is 47.6. The SMILES string of the molecule is C=C(C)C(=O)OCCCc1cc(-c2ccc(-c3ccc(C4CCC(C5CCC(CCCCC)CC5)CC4)cc3F)cc2F)cc(CCCOC(=O)C(=C)C)c1OCCC(CO)(CO)CCC. The summed E-state index contributed by atoms with van der Waals surface area (Å²) in [6.45, 7) is 14.9. The molecule has 0 aromatic heterocycles. The highest BCUT2D eigenvalue weighted by Crippen LogP contribution is 2.45. The van der Waals surface area contributed by atoms with Gasteiger partial charge >= 0.3 is 11.9 Å². The largest absolute Gasteiger partial charge is 0.493 e. The Labute approximate surface area is 394 Å². The van der Waals surface area contributed by atoms with E-state index in [4.69, 9.17) is 14.2 Å². The van der Waals surface area contributed by atoms with Crippen LogP contribution in [-0.2, 0) is 31.9 Å². The average molecular weight is 913 g/mol. The highest BCUT2D eigenvalue weighted by atomic mass is 19.1. The molecule has 0 spiro atoms. The highest BCUT2D eigenvalue weighted by Gasteiger charge is 2.32. The smallest absolute Gasteiger partial charge is 0.333 e. The van der Waals surface area contributed by atoms with Gasteiger partial charge in [-0.25, -0.2) is 18.4 Å². The average Bonchev–Trinajstić information content (AvgIpc) is 3.32. The fourth-order valence-electron chi connectivity index (χ4n) is 10.5. The monoisotopic (exact) mass is 913 g/mol. The van der Waals surface area contributed by atoms with E-state index in [1.807, 2.05) is 25.1 Å². The Morgan fingerprint density at radius 3 is 1.71 bits per heavy atom.